The first kappa shape index (κ1) is 13.0. The minimum Gasteiger partial charge on any atom is -0.480 e. The average Bonchev–Trinajstić information content (AvgIpc) is 2.62. The van der Waals surface area contributed by atoms with Crippen LogP contribution in [0.25, 0.3) is 0 Å². The molecule has 0 aliphatic carbocycles. The predicted molar refractivity (Wildman–Crippen MR) is 63.3 cm³/mol. The smallest absolute Gasteiger partial charge is 0.323 e. The number of thiazole rings is 1. The molecule has 0 aliphatic heterocycles. The number of hydrogen-bond donors (Lipinski definition) is 2. The Hall–Kier alpha value is -2.07. The van der Waals surface area contributed by atoms with E-state index in [4.69, 9.17) is 17.3 Å². The molecule has 0 aromatic carbocycles. The fourth-order valence-electron chi connectivity index (χ4n) is 1.18. The van der Waals surface area contributed by atoms with Crippen molar-refractivity contribution in [1.82, 2.24) is 9.88 Å². The summed E-state index contributed by atoms with van der Waals surface area (Å²) in [6, 6.07) is 0. The molecule has 0 aliphatic rings. The summed E-state index contributed by atoms with van der Waals surface area (Å²) in [7, 11) is 0. The lowest BCUT2D eigenvalue weighted by atomic mass is 10.3. The summed E-state index contributed by atoms with van der Waals surface area (Å²) >= 11 is 1.22. The van der Waals surface area contributed by atoms with Crippen LogP contribution in [0, 0.1) is 12.3 Å². The van der Waals surface area contributed by atoms with Gasteiger partial charge in [0.15, 0.2) is 5.13 Å². The molecule has 1 amide bonds. The average molecular weight is 253 g/mol. The lowest BCUT2D eigenvalue weighted by Crippen LogP contribution is -2.37. The van der Waals surface area contributed by atoms with Crippen LogP contribution in [-0.2, 0) is 16.0 Å². The third-order valence-electron chi connectivity index (χ3n) is 1.86. The predicted octanol–water partition coefficient (Wildman–Crippen LogP) is -0.186. The van der Waals surface area contributed by atoms with Crippen molar-refractivity contribution >= 4 is 28.3 Å². The van der Waals surface area contributed by atoms with Crippen LogP contribution in [0.1, 0.15) is 5.69 Å². The van der Waals surface area contributed by atoms with Crippen LogP contribution in [0.5, 0.6) is 0 Å². The second-order valence-corrected chi connectivity index (χ2v) is 4.09. The molecule has 17 heavy (non-hydrogen) atoms. The molecule has 1 aromatic rings. The lowest BCUT2D eigenvalue weighted by Gasteiger charge is -2.17. The highest BCUT2D eigenvalue weighted by atomic mass is 32.1. The van der Waals surface area contributed by atoms with Crippen molar-refractivity contribution in [3.05, 3.63) is 11.1 Å². The number of nitrogen functional groups attached to an aromatic ring is 1. The molecule has 0 unspecified atom stereocenters. The number of nitrogens with zero attached hydrogens (tertiary/aromatic N) is 2. The molecular formula is C10H11N3O3S. The molecule has 7 heteroatoms. The van der Waals surface area contributed by atoms with E-state index < -0.39 is 12.5 Å². The van der Waals surface area contributed by atoms with Gasteiger partial charge in [-0.05, 0) is 0 Å². The Morgan fingerprint density at radius 3 is 2.82 bits per heavy atom. The summed E-state index contributed by atoms with van der Waals surface area (Å²) in [6.45, 7) is -0.451. The molecule has 1 heterocycles. The Morgan fingerprint density at radius 1 is 1.65 bits per heavy atom. The van der Waals surface area contributed by atoms with Gasteiger partial charge < -0.3 is 15.7 Å². The highest BCUT2D eigenvalue weighted by Gasteiger charge is 2.17. The van der Waals surface area contributed by atoms with E-state index in [-0.39, 0.29) is 18.9 Å². The van der Waals surface area contributed by atoms with Gasteiger partial charge in [0.1, 0.15) is 6.54 Å². The number of aromatic nitrogens is 1. The van der Waals surface area contributed by atoms with E-state index >= 15 is 0 Å². The number of carboxylic acids is 1. The standard InChI is InChI=1S/C10H11N3O3S/c1-2-3-13(5-9(15)16)8(14)4-7-6-17-10(11)12-7/h1,6H,3-5H2,(H2,11,12)(H,15,16). The van der Waals surface area contributed by atoms with Crippen molar-refractivity contribution in [3.63, 3.8) is 0 Å². The fraction of sp³-hybridized carbons (Fsp3) is 0.300. The molecule has 0 radical (unpaired) electrons. The number of anilines is 1. The van der Waals surface area contributed by atoms with Crippen LogP contribution in [0.4, 0.5) is 5.13 Å². The number of carboxylic acid groups (broad SMARTS) is 1. The van der Waals surface area contributed by atoms with Gasteiger partial charge in [-0.25, -0.2) is 4.98 Å². The summed E-state index contributed by atoms with van der Waals surface area (Å²) in [5.74, 6) is 0.760. The fourth-order valence-corrected chi connectivity index (χ4v) is 1.74. The van der Waals surface area contributed by atoms with Gasteiger partial charge in [0.25, 0.3) is 0 Å². The van der Waals surface area contributed by atoms with Crippen molar-refractivity contribution in [1.29, 1.82) is 0 Å². The summed E-state index contributed by atoms with van der Waals surface area (Å²) in [5.41, 5.74) is 5.94. The van der Waals surface area contributed by atoms with Crippen LogP contribution in [0.3, 0.4) is 0 Å². The maximum Gasteiger partial charge on any atom is 0.323 e. The Kier molecular flexibility index (Phi) is 4.48. The first-order valence-electron chi connectivity index (χ1n) is 4.66. The van der Waals surface area contributed by atoms with Gasteiger partial charge in [-0.2, -0.15) is 0 Å². The Balaban J connectivity index is 2.65. The zero-order valence-electron chi connectivity index (χ0n) is 8.92. The largest absolute Gasteiger partial charge is 0.480 e. The molecule has 0 saturated heterocycles. The molecule has 0 spiro atoms. The number of hydrogen-bond acceptors (Lipinski definition) is 5. The van der Waals surface area contributed by atoms with Gasteiger partial charge >= 0.3 is 5.97 Å². The third-order valence-corrected chi connectivity index (χ3v) is 2.59. The van der Waals surface area contributed by atoms with Gasteiger partial charge in [0.05, 0.1) is 18.7 Å². The molecule has 0 bridgehead atoms. The maximum atomic E-state index is 11.7. The van der Waals surface area contributed by atoms with Gasteiger partial charge in [0.2, 0.25) is 5.91 Å². The molecule has 0 saturated carbocycles. The number of amides is 1. The number of aliphatic carboxylic acids is 1. The first-order valence-corrected chi connectivity index (χ1v) is 5.53. The molecular weight excluding hydrogens is 242 g/mol. The topological polar surface area (TPSA) is 96.5 Å². The number of carbonyl (C=O) groups excluding carboxylic acids is 1. The summed E-state index contributed by atoms with van der Waals surface area (Å²) in [6.07, 6.45) is 5.07. The lowest BCUT2D eigenvalue weighted by molar-refractivity contribution is -0.143. The zero-order valence-corrected chi connectivity index (χ0v) is 9.74. The van der Waals surface area contributed by atoms with E-state index in [1.807, 2.05) is 0 Å². The van der Waals surface area contributed by atoms with Crippen LogP contribution >= 0.6 is 11.3 Å². The molecule has 3 N–H and O–H groups in total. The van der Waals surface area contributed by atoms with E-state index in [9.17, 15) is 9.59 Å². The molecule has 6 nitrogen and oxygen atoms in total. The maximum absolute atomic E-state index is 11.7. The summed E-state index contributed by atoms with van der Waals surface area (Å²) in [5, 5.41) is 10.7. The van der Waals surface area contributed by atoms with Crippen molar-refractivity contribution in [2.75, 3.05) is 18.8 Å². The van der Waals surface area contributed by atoms with Gasteiger partial charge in [-0.15, -0.1) is 17.8 Å². The Labute approximate surface area is 102 Å². The summed E-state index contributed by atoms with van der Waals surface area (Å²) in [4.78, 5) is 27.3. The van der Waals surface area contributed by atoms with Crippen molar-refractivity contribution in [3.8, 4) is 12.3 Å². The van der Waals surface area contributed by atoms with Crippen LogP contribution in [-0.4, -0.2) is 40.0 Å². The van der Waals surface area contributed by atoms with Gasteiger partial charge in [0, 0.05) is 5.38 Å². The third kappa shape index (κ3) is 4.12. The highest BCUT2D eigenvalue weighted by Crippen LogP contribution is 2.12. The monoisotopic (exact) mass is 253 g/mol. The number of terminal acetylenes is 1. The molecule has 1 rings (SSSR count). The van der Waals surface area contributed by atoms with Crippen LogP contribution in [0.15, 0.2) is 5.38 Å². The van der Waals surface area contributed by atoms with Crippen molar-refractivity contribution in [2.24, 2.45) is 0 Å². The zero-order chi connectivity index (χ0) is 12.8. The molecule has 90 valence electrons. The Bertz CT molecular complexity index is 464. The van der Waals surface area contributed by atoms with Crippen LogP contribution in [0.2, 0.25) is 0 Å². The quantitative estimate of drug-likeness (QED) is 0.709. The molecule has 0 atom stereocenters. The minimum atomic E-state index is -1.11. The minimum absolute atomic E-state index is 0.00264. The van der Waals surface area contributed by atoms with E-state index in [0.29, 0.717) is 10.8 Å². The van der Waals surface area contributed by atoms with E-state index in [1.165, 1.54) is 11.3 Å². The van der Waals surface area contributed by atoms with Gasteiger partial charge in [-0.1, -0.05) is 5.92 Å². The van der Waals surface area contributed by atoms with Crippen LogP contribution < -0.4 is 5.73 Å². The van der Waals surface area contributed by atoms with E-state index in [1.54, 1.807) is 5.38 Å². The highest BCUT2D eigenvalue weighted by molar-refractivity contribution is 7.13. The number of nitrogens with two attached hydrogens (primary N) is 1. The van der Waals surface area contributed by atoms with Gasteiger partial charge in [-0.3, -0.25) is 9.59 Å². The second kappa shape index (κ2) is 5.86. The van der Waals surface area contributed by atoms with Crippen molar-refractivity contribution < 1.29 is 14.7 Å². The second-order valence-electron chi connectivity index (χ2n) is 3.20. The molecule has 0 fully saturated rings. The number of carbonyl (C=O) groups is 2. The SMILES string of the molecule is C#CCN(CC(=O)O)C(=O)Cc1csc(N)n1. The number of rotatable bonds is 5. The molecule has 1 aromatic heterocycles. The van der Waals surface area contributed by atoms with E-state index in [2.05, 4.69) is 10.9 Å². The van der Waals surface area contributed by atoms with E-state index in [0.717, 1.165) is 4.90 Å². The Morgan fingerprint density at radius 2 is 2.35 bits per heavy atom. The normalized spacial score (nSPS) is 9.59. The van der Waals surface area contributed by atoms with Crippen molar-refractivity contribution in [2.45, 2.75) is 6.42 Å². The first-order chi connectivity index (χ1) is 8.02. The summed E-state index contributed by atoms with van der Waals surface area (Å²) < 4.78 is 0.